The quantitative estimate of drug-likeness (QED) is 0.107. The van der Waals surface area contributed by atoms with Crippen molar-refractivity contribution in [3.63, 3.8) is 0 Å². The zero-order chi connectivity index (χ0) is 35.3. The highest BCUT2D eigenvalue weighted by molar-refractivity contribution is 5.78. The second-order valence-electron chi connectivity index (χ2n) is 12.5. The number of fused-ring (bicyclic) bond motifs is 1. The van der Waals surface area contributed by atoms with Gasteiger partial charge in [0.2, 0.25) is 0 Å². The van der Waals surface area contributed by atoms with E-state index in [9.17, 15) is 24.9 Å². The molecule has 9 heteroatoms. The monoisotopic (exact) mass is 672 g/mol. The normalized spacial score (nSPS) is 18.3. The van der Waals surface area contributed by atoms with Gasteiger partial charge in [0.15, 0.2) is 23.0 Å². The van der Waals surface area contributed by atoms with Gasteiger partial charge in [0, 0.05) is 32.1 Å². The molecule has 1 aliphatic rings. The van der Waals surface area contributed by atoms with Gasteiger partial charge >= 0.3 is 11.9 Å². The molecule has 0 amide bonds. The Kier molecular flexibility index (Phi) is 13.8. The van der Waals surface area contributed by atoms with Gasteiger partial charge in [-0.2, -0.15) is 0 Å². The number of aromatic hydroxyl groups is 2. The van der Waals surface area contributed by atoms with Crippen LogP contribution in [0.4, 0.5) is 0 Å². The van der Waals surface area contributed by atoms with Gasteiger partial charge in [-0.05, 0) is 71.3 Å². The number of esters is 2. The van der Waals surface area contributed by atoms with Crippen LogP contribution in [0.25, 0.3) is 0 Å². The summed E-state index contributed by atoms with van der Waals surface area (Å²) in [7, 11) is 2.96. The van der Waals surface area contributed by atoms with Crippen molar-refractivity contribution >= 4 is 11.9 Å². The molecule has 0 heterocycles. The predicted molar refractivity (Wildman–Crippen MR) is 186 cm³/mol. The zero-order valence-electron chi connectivity index (χ0n) is 28.9. The van der Waals surface area contributed by atoms with E-state index < -0.39 is 30.0 Å². The number of rotatable bonds is 12. The Labute approximate surface area is 289 Å². The van der Waals surface area contributed by atoms with E-state index >= 15 is 0 Å². The third kappa shape index (κ3) is 10.4. The minimum atomic E-state index is -0.682. The average molecular weight is 673 g/mol. The van der Waals surface area contributed by atoms with Crippen LogP contribution in [-0.2, 0) is 38.5 Å². The van der Waals surface area contributed by atoms with E-state index in [0.717, 1.165) is 41.5 Å². The summed E-state index contributed by atoms with van der Waals surface area (Å²) in [6.45, 7) is 3.33. The largest absolute Gasteiger partial charge is 0.504 e. The van der Waals surface area contributed by atoms with Gasteiger partial charge in [0.05, 0.1) is 26.7 Å². The fourth-order valence-corrected chi connectivity index (χ4v) is 6.37. The van der Waals surface area contributed by atoms with Gasteiger partial charge in [-0.3, -0.25) is 9.59 Å². The highest BCUT2D eigenvalue weighted by atomic mass is 16.6. The molecule has 3 aromatic rings. The van der Waals surface area contributed by atoms with E-state index in [1.807, 2.05) is 24.3 Å². The molecule has 0 fully saturated rings. The number of aliphatic hydroxyl groups is 1. The van der Waals surface area contributed by atoms with Crippen LogP contribution in [0.3, 0.4) is 0 Å². The number of aliphatic hydroxyl groups excluding tert-OH is 1. The summed E-state index contributed by atoms with van der Waals surface area (Å²) in [5.41, 5.74) is 3.99. The number of benzene rings is 3. The summed E-state index contributed by atoms with van der Waals surface area (Å²) in [5, 5.41) is 30.7. The van der Waals surface area contributed by atoms with Crippen LogP contribution in [-0.4, -0.2) is 53.7 Å². The summed E-state index contributed by atoms with van der Waals surface area (Å²) < 4.78 is 23.0. The van der Waals surface area contributed by atoms with Crippen LogP contribution in [0.5, 0.6) is 23.0 Å². The van der Waals surface area contributed by atoms with E-state index in [2.05, 4.69) is 18.8 Å². The number of hydrogen-bond acceptors (Lipinski definition) is 9. The standard InChI is InChI=1S/C40H48O9/c1-5-6-7-14-35(32-13-8-10-27(19-32)25-41)40(45)49-34-20-28(31-16-18-36(43)38(22-31)46-3)11-9-12-29-21-37(44)39(47-4)23-30(29)15-17-33(24-34)48-26(2)42/h8,10,13,16,18-19,21-23,28,33-35,41,43-44H,5-7,12,14-15,17,20,24-25H2,1-4H3/t28-,33+,34+,35+/m1/s1. The first kappa shape index (κ1) is 37.1. The first-order valence-corrected chi connectivity index (χ1v) is 17.0. The molecule has 3 aromatic carbocycles. The summed E-state index contributed by atoms with van der Waals surface area (Å²) in [5.74, 6) is 5.46. The predicted octanol–water partition coefficient (Wildman–Crippen LogP) is 6.87. The smallest absolute Gasteiger partial charge is 0.313 e. The number of ether oxygens (including phenoxy) is 4. The van der Waals surface area contributed by atoms with Crippen LogP contribution in [0.1, 0.15) is 98.4 Å². The van der Waals surface area contributed by atoms with Gasteiger partial charge in [0.1, 0.15) is 12.2 Å². The maximum atomic E-state index is 14.1. The molecule has 4 rings (SSSR count). The Hall–Kier alpha value is -4.68. The molecule has 1 aliphatic carbocycles. The van der Waals surface area contributed by atoms with Crippen molar-refractivity contribution in [3.05, 3.63) is 82.4 Å². The van der Waals surface area contributed by atoms with Gasteiger partial charge in [0.25, 0.3) is 0 Å². The lowest BCUT2D eigenvalue weighted by molar-refractivity contribution is -0.156. The maximum absolute atomic E-state index is 14.1. The number of aryl methyl sites for hydroxylation is 1. The minimum absolute atomic E-state index is 0.0105. The lowest BCUT2D eigenvalue weighted by Crippen LogP contribution is -2.31. The van der Waals surface area contributed by atoms with Crippen molar-refractivity contribution in [3.8, 4) is 34.8 Å². The van der Waals surface area contributed by atoms with Crippen molar-refractivity contribution in [2.75, 3.05) is 14.2 Å². The molecule has 49 heavy (non-hydrogen) atoms. The molecule has 0 unspecified atom stereocenters. The number of phenolic OH excluding ortho intramolecular Hbond substituents is 2. The van der Waals surface area contributed by atoms with Crippen molar-refractivity contribution < 1.29 is 43.9 Å². The molecule has 0 spiro atoms. The summed E-state index contributed by atoms with van der Waals surface area (Å²) in [6, 6.07) is 15.9. The molecule has 0 saturated carbocycles. The first-order valence-electron chi connectivity index (χ1n) is 17.0. The topological polar surface area (TPSA) is 132 Å². The maximum Gasteiger partial charge on any atom is 0.313 e. The number of phenols is 2. The van der Waals surface area contributed by atoms with E-state index in [4.69, 9.17) is 18.9 Å². The highest BCUT2D eigenvalue weighted by Crippen LogP contribution is 2.35. The SMILES string of the molecule is CCCCC[C@H](C(=O)O[C@@H]1C[C@@H](OC(C)=O)CCc2cc(OC)c(O)cc2CC#C[C@@H](c2ccc(O)c(OC)c2)C1)c1cccc(CO)c1. The lowest BCUT2D eigenvalue weighted by atomic mass is 9.88. The van der Waals surface area contributed by atoms with Crippen LogP contribution in [0.2, 0.25) is 0 Å². The molecule has 0 radical (unpaired) electrons. The Balaban J connectivity index is 1.76. The van der Waals surface area contributed by atoms with Crippen LogP contribution in [0, 0.1) is 11.8 Å². The molecule has 4 atom stereocenters. The Morgan fingerprint density at radius 2 is 1.67 bits per heavy atom. The Morgan fingerprint density at radius 1 is 0.898 bits per heavy atom. The number of carbonyl (C=O) groups excluding carboxylic acids is 2. The zero-order valence-corrected chi connectivity index (χ0v) is 28.9. The molecule has 3 N–H and O–H groups in total. The van der Waals surface area contributed by atoms with Crippen LogP contribution < -0.4 is 9.47 Å². The third-order valence-corrected chi connectivity index (χ3v) is 8.95. The van der Waals surface area contributed by atoms with E-state index in [1.165, 1.54) is 21.1 Å². The summed E-state index contributed by atoms with van der Waals surface area (Å²) >= 11 is 0. The molecule has 0 bridgehead atoms. The summed E-state index contributed by atoms with van der Waals surface area (Å²) in [6.07, 6.45) is 3.94. The second-order valence-corrected chi connectivity index (χ2v) is 12.5. The molecule has 0 aliphatic heterocycles. The van der Waals surface area contributed by atoms with Crippen molar-refractivity contribution in [1.82, 2.24) is 0 Å². The van der Waals surface area contributed by atoms with Crippen LogP contribution >= 0.6 is 0 Å². The van der Waals surface area contributed by atoms with Gasteiger partial charge in [-0.25, -0.2) is 0 Å². The molecular weight excluding hydrogens is 624 g/mol. The molecule has 262 valence electrons. The second kappa shape index (κ2) is 18.2. The third-order valence-electron chi connectivity index (χ3n) is 8.95. The van der Waals surface area contributed by atoms with E-state index in [0.29, 0.717) is 49.2 Å². The van der Waals surface area contributed by atoms with Crippen molar-refractivity contribution in [2.24, 2.45) is 0 Å². The van der Waals surface area contributed by atoms with E-state index in [-0.39, 0.29) is 30.5 Å². The average Bonchev–Trinajstić information content (AvgIpc) is 3.08. The summed E-state index contributed by atoms with van der Waals surface area (Å²) in [4.78, 5) is 26.5. The molecule has 0 aromatic heterocycles. The number of unbranched alkanes of at least 4 members (excludes halogenated alkanes) is 2. The molecule has 9 nitrogen and oxygen atoms in total. The number of methoxy groups -OCH3 is 2. The highest BCUT2D eigenvalue weighted by Gasteiger charge is 2.30. The fraction of sp³-hybridized carbons (Fsp3) is 0.450. The first-order chi connectivity index (χ1) is 23.6. The fourth-order valence-electron chi connectivity index (χ4n) is 6.37. The van der Waals surface area contributed by atoms with Crippen molar-refractivity contribution in [1.29, 1.82) is 0 Å². The molecule has 0 saturated heterocycles. The number of carbonyl (C=O) groups is 2. The number of hydrogen-bond donors (Lipinski definition) is 3. The van der Waals surface area contributed by atoms with Crippen LogP contribution in [0.15, 0.2) is 54.6 Å². The minimum Gasteiger partial charge on any atom is -0.504 e. The van der Waals surface area contributed by atoms with Gasteiger partial charge in [-0.15, -0.1) is 0 Å². The Bertz CT molecular complexity index is 1640. The van der Waals surface area contributed by atoms with Gasteiger partial charge < -0.3 is 34.3 Å². The van der Waals surface area contributed by atoms with Crippen molar-refractivity contribution in [2.45, 2.75) is 102 Å². The van der Waals surface area contributed by atoms with E-state index in [1.54, 1.807) is 30.3 Å². The van der Waals surface area contributed by atoms with Gasteiger partial charge in [-0.1, -0.05) is 68.4 Å². The Morgan fingerprint density at radius 3 is 2.39 bits per heavy atom. The molecular formula is C40H48O9. The lowest BCUT2D eigenvalue weighted by Gasteiger charge is -2.28.